The number of nitrogen functional groups attached to an aromatic ring is 1. The van der Waals surface area contributed by atoms with Gasteiger partial charge in [0, 0.05) is 11.8 Å². The van der Waals surface area contributed by atoms with Gasteiger partial charge in [0.05, 0.1) is 10.6 Å². The number of primary sulfonamides is 1. The van der Waals surface area contributed by atoms with Crippen molar-refractivity contribution in [1.29, 1.82) is 0 Å². The maximum Gasteiger partial charge on any atom is 0.238 e. The molecule has 134 valence electrons. The molecule has 0 aliphatic carbocycles. The third-order valence-electron chi connectivity index (χ3n) is 4.32. The molecule has 7 heteroatoms. The van der Waals surface area contributed by atoms with Gasteiger partial charge < -0.3 is 5.73 Å². The van der Waals surface area contributed by atoms with Crippen molar-refractivity contribution in [2.24, 2.45) is 5.14 Å². The van der Waals surface area contributed by atoms with Gasteiger partial charge in [-0.2, -0.15) is 0 Å². The van der Waals surface area contributed by atoms with E-state index < -0.39 is 10.0 Å². The lowest BCUT2D eigenvalue weighted by molar-refractivity contribution is 0.597. The van der Waals surface area contributed by atoms with Crippen molar-refractivity contribution in [2.75, 3.05) is 5.73 Å². The molecule has 0 bridgehead atoms. The van der Waals surface area contributed by atoms with Crippen LogP contribution in [0.4, 0.5) is 5.95 Å². The minimum atomic E-state index is -3.87. The highest BCUT2D eigenvalue weighted by molar-refractivity contribution is 7.89. The highest BCUT2D eigenvalue weighted by atomic mass is 32.2. The number of sulfonamides is 1. The van der Waals surface area contributed by atoms with Gasteiger partial charge in [0.2, 0.25) is 16.0 Å². The topological polar surface area (TPSA) is 112 Å². The molecule has 26 heavy (non-hydrogen) atoms. The van der Waals surface area contributed by atoms with E-state index in [1.807, 2.05) is 36.4 Å². The van der Waals surface area contributed by atoms with Crippen molar-refractivity contribution in [3.8, 4) is 11.1 Å². The second-order valence-electron chi connectivity index (χ2n) is 6.19. The molecule has 1 heterocycles. The smallest absolute Gasteiger partial charge is 0.238 e. The molecule has 1 aromatic heterocycles. The largest absolute Gasteiger partial charge is 0.368 e. The number of hydrogen-bond acceptors (Lipinski definition) is 5. The predicted molar refractivity (Wildman–Crippen MR) is 102 cm³/mol. The van der Waals surface area contributed by atoms with E-state index in [2.05, 4.69) is 9.97 Å². The van der Waals surface area contributed by atoms with Crippen molar-refractivity contribution in [3.63, 3.8) is 0 Å². The zero-order chi connectivity index (χ0) is 18.9. The van der Waals surface area contributed by atoms with E-state index in [1.54, 1.807) is 26.1 Å². The molecule has 0 unspecified atom stereocenters. The lowest BCUT2D eigenvalue weighted by Crippen LogP contribution is -2.15. The first-order chi connectivity index (χ1) is 12.3. The summed E-state index contributed by atoms with van der Waals surface area (Å²) in [4.78, 5) is 8.30. The van der Waals surface area contributed by atoms with E-state index in [0.29, 0.717) is 23.2 Å². The Hall–Kier alpha value is -2.77. The Morgan fingerprint density at radius 2 is 1.77 bits per heavy atom. The van der Waals surface area contributed by atoms with Gasteiger partial charge >= 0.3 is 0 Å². The van der Waals surface area contributed by atoms with Crippen LogP contribution in [0.2, 0.25) is 0 Å². The normalized spacial score (nSPS) is 11.5. The van der Waals surface area contributed by atoms with Gasteiger partial charge in [-0.25, -0.2) is 23.5 Å². The van der Waals surface area contributed by atoms with Crippen molar-refractivity contribution >= 4 is 16.0 Å². The lowest BCUT2D eigenvalue weighted by atomic mass is 9.95. The standard InChI is InChI=1S/C19H20N4O2S/c1-12-15(8-14-6-4-3-5-7-14)9-16(10-18(12)26(21,24)25)17-11-22-19(20)23-13(17)2/h3-7,9-11H,8H2,1-2H3,(H2,20,22,23)(H2,21,24,25). The molecule has 0 radical (unpaired) electrons. The van der Waals surface area contributed by atoms with Crippen molar-refractivity contribution in [3.05, 3.63) is 71.0 Å². The summed E-state index contributed by atoms with van der Waals surface area (Å²) >= 11 is 0. The molecule has 0 aliphatic rings. The molecule has 0 saturated heterocycles. The third-order valence-corrected chi connectivity index (χ3v) is 5.36. The fourth-order valence-electron chi connectivity index (χ4n) is 2.96. The minimum Gasteiger partial charge on any atom is -0.368 e. The molecule has 6 nitrogen and oxygen atoms in total. The summed E-state index contributed by atoms with van der Waals surface area (Å²) in [6.07, 6.45) is 2.19. The van der Waals surface area contributed by atoms with Gasteiger partial charge in [0.1, 0.15) is 0 Å². The molecule has 0 spiro atoms. The molecular formula is C19H20N4O2S. The maximum absolute atomic E-state index is 12.1. The van der Waals surface area contributed by atoms with Crippen LogP contribution in [-0.2, 0) is 16.4 Å². The number of rotatable bonds is 4. The second kappa shape index (κ2) is 6.86. The summed E-state index contributed by atoms with van der Waals surface area (Å²) in [6.45, 7) is 3.58. The van der Waals surface area contributed by atoms with Gasteiger partial charge in [-0.05, 0) is 48.6 Å². The molecule has 3 rings (SSSR count). The summed E-state index contributed by atoms with van der Waals surface area (Å²) in [6, 6.07) is 13.4. The molecule has 0 saturated carbocycles. The van der Waals surface area contributed by atoms with Crippen molar-refractivity contribution < 1.29 is 8.42 Å². The fraction of sp³-hybridized carbons (Fsp3) is 0.158. The molecule has 0 amide bonds. The van der Waals surface area contributed by atoms with Gasteiger partial charge in [-0.3, -0.25) is 0 Å². The summed E-state index contributed by atoms with van der Waals surface area (Å²) in [5, 5.41) is 5.45. The first kappa shape index (κ1) is 18.0. The van der Waals surface area contributed by atoms with E-state index in [1.165, 1.54) is 0 Å². The molecule has 3 aromatic rings. The van der Waals surface area contributed by atoms with Gasteiger partial charge in [-0.15, -0.1) is 0 Å². The zero-order valence-electron chi connectivity index (χ0n) is 14.6. The minimum absolute atomic E-state index is 0.108. The fourth-order valence-corrected chi connectivity index (χ4v) is 3.81. The SMILES string of the molecule is Cc1nc(N)ncc1-c1cc(Cc2ccccc2)c(C)c(S(N)(=O)=O)c1. The predicted octanol–water partition coefficient (Wildman–Crippen LogP) is 2.58. The highest BCUT2D eigenvalue weighted by Crippen LogP contribution is 2.30. The van der Waals surface area contributed by atoms with E-state index in [-0.39, 0.29) is 10.8 Å². The monoisotopic (exact) mass is 368 g/mol. The number of nitrogens with two attached hydrogens (primary N) is 2. The first-order valence-electron chi connectivity index (χ1n) is 8.05. The molecule has 0 fully saturated rings. The number of nitrogens with zero attached hydrogens (tertiary/aromatic N) is 2. The Kier molecular flexibility index (Phi) is 4.76. The third kappa shape index (κ3) is 3.74. The molecule has 0 aliphatic heterocycles. The quantitative estimate of drug-likeness (QED) is 0.735. The van der Waals surface area contributed by atoms with Crippen LogP contribution in [0.5, 0.6) is 0 Å². The van der Waals surface area contributed by atoms with Crippen LogP contribution in [0.3, 0.4) is 0 Å². The van der Waals surface area contributed by atoms with Gasteiger partial charge in [-0.1, -0.05) is 36.4 Å². The molecular weight excluding hydrogens is 348 g/mol. The second-order valence-corrected chi connectivity index (χ2v) is 7.72. The summed E-state index contributed by atoms with van der Waals surface area (Å²) in [5.41, 5.74) is 10.3. The zero-order valence-corrected chi connectivity index (χ0v) is 15.4. The maximum atomic E-state index is 12.1. The van der Waals surface area contributed by atoms with Crippen LogP contribution in [-0.4, -0.2) is 18.4 Å². The molecule has 2 aromatic carbocycles. The Balaban J connectivity index is 2.21. The average Bonchev–Trinajstić information content (AvgIpc) is 2.57. The van der Waals surface area contributed by atoms with Crippen LogP contribution < -0.4 is 10.9 Å². The summed E-state index contributed by atoms with van der Waals surface area (Å²) < 4.78 is 24.2. The van der Waals surface area contributed by atoms with E-state index in [0.717, 1.165) is 16.7 Å². The van der Waals surface area contributed by atoms with Crippen molar-refractivity contribution in [2.45, 2.75) is 25.2 Å². The number of benzene rings is 2. The van der Waals surface area contributed by atoms with E-state index in [9.17, 15) is 8.42 Å². The van der Waals surface area contributed by atoms with E-state index >= 15 is 0 Å². The van der Waals surface area contributed by atoms with Crippen LogP contribution in [0.25, 0.3) is 11.1 Å². The Bertz CT molecular complexity index is 1060. The Morgan fingerprint density at radius 1 is 1.08 bits per heavy atom. The van der Waals surface area contributed by atoms with Crippen LogP contribution in [0.15, 0.2) is 53.6 Å². The van der Waals surface area contributed by atoms with E-state index in [4.69, 9.17) is 10.9 Å². The lowest BCUT2D eigenvalue weighted by Gasteiger charge is -2.15. The number of aryl methyl sites for hydroxylation is 1. The Labute approximate surface area is 153 Å². The number of hydrogen-bond donors (Lipinski definition) is 2. The van der Waals surface area contributed by atoms with Crippen LogP contribution in [0, 0.1) is 13.8 Å². The molecule has 0 atom stereocenters. The number of anilines is 1. The van der Waals surface area contributed by atoms with Crippen LogP contribution in [0.1, 0.15) is 22.4 Å². The van der Waals surface area contributed by atoms with Crippen molar-refractivity contribution in [1.82, 2.24) is 9.97 Å². The summed E-state index contributed by atoms with van der Waals surface area (Å²) in [5.74, 6) is 0.176. The average molecular weight is 368 g/mol. The number of aromatic nitrogens is 2. The first-order valence-corrected chi connectivity index (χ1v) is 9.60. The van der Waals surface area contributed by atoms with Gasteiger partial charge in [0.15, 0.2) is 0 Å². The summed E-state index contributed by atoms with van der Waals surface area (Å²) in [7, 11) is -3.87. The Morgan fingerprint density at radius 3 is 2.38 bits per heavy atom. The van der Waals surface area contributed by atoms with Crippen LogP contribution >= 0.6 is 0 Å². The van der Waals surface area contributed by atoms with Gasteiger partial charge in [0.25, 0.3) is 0 Å². The molecule has 4 N–H and O–H groups in total. The highest BCUT2D eigenvalue weighted by Gasteiger charge is 2.18.